The van der Waals surface area contributed by atoms with Gasteiger partial charge in [0.25, 0.3) is 0 Å². The Bertz CT molecular complexity index is 1070. The van der Waals surface area contributed by atoms with Crippen molar-refractivity contribution in [1.29, 1.82) is 0 Å². The lowest BCUT2D eigenvalue weighted by molar-refractivity contribution is -0.116. The topological polar surface area (TPSA) is 80.9 Å². The minimum absolute atomic E-state index is 0.125. The Hall–Kier alpha value is -2.84. The summed E-state index contributed by atoms with van der Waals surface area (Å²) in [5, 5.41) is 17.3. The average molecular weight is 425 g/mol. The van der Waals surface area contributed by atoms with Gasteiger partial charge in [-0.15, -0.1) is 21.5 Å². The molecule has 3 aromatic heterocycles. The van der Waals surface area contributed by atoms with Gasteiger partial charge in [-0.25, -0.2) is 4.98 Å². The van der Waals surface area contributed by atoms with Crippen molar-refractivity contribution in [3.8, 4) is 22.7 Å². The number of carbonyl (C=O) groups excluding carboxylic acids is 1. The molecule has 0 saturated carbocycles. The normalized spacial score (nSPS) is 10.9. The van der Waals surface area contributed by atoms with E-state index < -0.39 is 0 Å². The average Bonchev–Trinajstić information content (AvgIpc) is 3.48. The molecule has 4 rings (SSSR count). The van der Waals surface area contributed by atoms with Gasteiger partial charge < -0.3 is 9.73 Å². The fraction of sp³-hybridized carbons (Fsp3) is 0.238. The van der Waals surface area contributed by atoms with E-state index >= 15 is 0 Å². The van der Waals surface area contributed by atoms with E-state index in [1.165, 1.54) is 16.9 Å². The van der Waals surface area contributed by atoms with Gasteiger partial charge in [-0.05, 0) is 23.4 Å². The minimum Gasteiger partial charge on any atom is -0.421 e. The Morgan fingerprint density at radius 3 is 2.69 bits per heavy atom. The van der Waals surface area contributed by atoms with E-state index in [0.717, 1.165) is 29.7 Å². The van der Waals surface area contributed by atoms with Crippen LogP contribution in [0, 0.1) is 0 Å². The standard InChI is InChI=1S/C21H20N4O2S2/c1-2-3-14-4-6-15(7-5-14)17-13-29-21(22-17)23-18(26)8-9-19-24-25-20(27-19)16-10-11-28-12-16/h4-7,10-13H,2-3,8-9H2,1H3,(H,22,23,26). The lowest BCUT2D eigenvalue weighted by atomic mass is 10.1. The number of carbonyl (C=O) groups is 1. The molecule has 6 nitrogen and oxygen atoms in total. The van der Waals surface area contributed by atoms with E-state index in [1.54, 1.807) is 11.3 Å². The summed E-state index contributed by atoms with van der Waals surface area (Å²) in [4.78, 5) is 16.8. The number of thiophene rings is 1. The van der Waals surface area contributed by atoms with Crippen LogP contribution in [0.4, 0.5) is 5.13 Å². The largest absolute Gasteiger partial charge is 0.421 e. The lowest BCUT2D eigenvalue weighted by Gasteiger charge is -2.01. The summed E-state index contributed by atoms with van der Waals surface area (Å²) in [7, 11) is 0. The van der Waals surface area contributed by atoms with E-state index in [4.69, 9.17) is 4.42 Å². The van der Waals surface area contributed by atoms with Crippen LogP contribution in [-0.2, 0) is 17.6 Å². The van der Waals surface area contributed by atoms with Crippen molar-refractivity contribution in [2.24, 2.45) is 0 Å². The Labute approximate surface area is 176 Å². The van der Waals surface area contributed by atoms with Gasteiger partial charge in [0.05, 0.1) is 5.69 Å². The van der Waals surface area contributed by atoms with E-state index in [0.29, 0.717) is 23.3 Å². The number of amides is 1. The third-order valence-corrected chi connectivity index (χ3v) is 5.78. The van der Waals surface area contributed by atoms with Crippen LogP contribution in [-0.4, -0.2) is 21.1 Å². The molecule has 1 amide bonds. The van der Waals surface area contributed by atoms with Crippen molar-refractivity contribution in [1.82, 2.24) is 15.2 Å². The Morgan fingerprint density at radius 1 is 1.07 bits per heavy atom. The highest BCUT2D eigenvalue weighted by atomic mass is 32.1. The molecule has 4 aromatic rings. The molecule has 0 fully saturated rings. The van der Waals surface area contributed by atoms with Crippen molar-refractivity contribution in [2.75, 3.05) is 5.32 Å². The SMILES string of the molecule is CCCc1ccc(-c2csc(NC(=O)CCc3nnc(-c4ccsc4)o3)n2)cc1. The van der Waals surface area contributed by atoms with Crippen LogP contribution < -0.4 is 5.32 Å². The maximum atomic E-state index is 12.3. The Morgan fingerprint density at radius 2 is 1.93 bits per heavy atom. The van der Waals surface area contributed by atoms with Gasteiger partial charge in [0, 0.05) is 34.7 Å². The van der Waals surface area contributed by atoms with Gasteiger partial charge >= 0.3 is 0 Å². The fourth-order valence-corrected chi connectivity index (χ4v) is 4.22. The first kappa shape index (κ1) is 19.5. The highest BCUT2D eigenvalue weighted by Crippen LogP contribution is 2.26. The number of hydrogen-bond donors (Lipinski definition) is 1. The van der Waals surface area contributed by atoms with Crippen molar-refractivity contribution < 1.29 is 9.21 Å². The first-order chi connectivity index (χ1) is 14.2. The van der Waals surface area contributed by atoms with E-state index in [9.17, 15) is 4.79 Å². The van der Waals surface area contributed by atoms with Crippen LogP contribution in [0.25, 0.3) is 22.7 Å². The Balaban J connectivity index is 1.31. The molecule has 0 aliphatic heterocycles. The smallest absolute Gasteiger partial charge is 0.248 e. The minimum atomic E-state index is -0.125. The maximum Gasteiger partial charge on any atom is 0.248 e. The zero-order valence-electron chi connectivity index (χ0n) is 15.9. The summed E-state index contributed by atoms with van der Waals surface area (Å²) in [6, 6.07) is 10.3. The molecular formula is C21H20N4O2S2. The van der Waals surface area contributed by atoms with Crippen LogP contribution >= 0.6 is 22.7 Å². The molecule has 1 aromatic carbocycles. The van der Waals surface area contributed by atoms with Gasteiger partial charge in [-0.3, -0.25) is 4.79 Å². The second-order valence-corrected chi connectivity index (χ2v) is 8.18. The second kappa shape index (κ2) is 9.11. The summed E-state index contributed by atoms with van der Waals surface area (Å²) in [6.45, 7) is 2.17. The molecule has 8 heteroatoms. The molecular weight excluding hydrogens is 404 g/mol. The molecule has 0 spiro atoms. The van der Waals surface area contributed by atoms with Crippen molar-refractivity contribution in [2.45, 2.75) is 32.6 Å². The predicted molar refractivity (Wildman–Crippen MR) is 116 cm³/mol. The molecule has 148 valence electrons. The first-order valence-corrected chi connectivity index (χ1v) is 11.2. The molecule has 0 aliphatic carbocycles. The highest BCUT2D eigenvalue weighted by molar-refractivity contribution is 7.14. The van der Waals surface area contributed by atoms with Gasteiger partial charge in [-0.2, -0.15) is 11.3 Å². The monoisotopic (exact) mass is 424 g/mol. The molecule has 0 saturated heterocycles. The molecule has 1 N–H and O–H groups in total. The molecule has 0 aliphatic rings. The summed E-state index contributed by atoms with van der Waals surface area (Å²) < 4.78 is 5.61. The summed E-state index contributed by atoms with van der Waals surface area (Å²) in [5.74, 6) is 0.809. The van der Waals surface area contributed by atoms with Crippen LogP contribution in [0.3, 0.4) is 0 Å². The van der Waals surface area contributed by atoms with E-state index in [2.05, 4.69) is 51.7 Å². The van der Waals surface area contributed by atoms with Gasteiger partial charge in [0.15, 0.2) is 5.13 Å². The number of thiazole rings is 1. The number of nitrogens with one attached hydrogen (secondary N) is 1. The van der Waals surface area contributed by atoms with Crippen molar-refractivity contribution >= 4 is 33.7 Å². The highest BCUT2D eigenvalue weighted by Gasteiger charge is 2.12. The molecule has 29 heavy (non-hydrogen) atoms. The van der Waals surface area contributed by atoms with Gasteiger partial charge in [-0.1, -0.05) is 37.6 Å². The van der Waals surface area contributed by atoms with Gasteiger partial charge in [0.1, 0.15) is 0 Å². The number of rotatable bonds is 8. The Kier molecular flexibility index (Phi) is 6.12. The van der Waals surface area contributed by atoms with Crippen LogP contribution in [0.2, 0.25) is 0 Å². The molecule has 3 heterocycles. The number of nitrogens with zero attached hydrogens (tertiary/aromatic N) is 3. The number of aromatic nitrogens is 3. The maximum absolute atomic E-state index is 12.3. The number of benzene rings is 1. The third kappa shape index (κ3) is 4.96. The number of anilines is 1. The lowest BCUT2D eigenvalue weighted by Crippen LogP contribution is -2.12. The molecule has 0 atom stereocenters. The zero-order valence-corrected chi connectivity index (χ0v) is 17.6. The number of hydrogen-bond acceptors (Lipinski definition) is 7. The fourth-order valence-electron chi connectivity index (χ4n) is 2.85. The van der Waals surface area contributed by atoms with Gasteiger partial charge in [0.2, 0.25) is 17.7 Å². The van der Waals surface area contributed by atoms with E-state index in [-0.39, 0.29) is 12.3 Å². The first-order valence-electron chi connectivity index (χ1n) is 9.41. The number of aryl methyl sites for hydroxylation is 2. The quantitative estimate of drug-likeness (QED) is 0.407. The summed E-state index contributed by atoms with van der Waals surface area (Å²) >= 11 is 2.99. The van der Waals surface area contributed by atoms with Crippen LogP contribution in [0.15, 0.2) is 50.9 Å². The molecule has 0 unspecified atom stereocenters. The predicted octanol–water partition coefficient (Wildman–Crippen LogP) is 5.45. The zero-order chi connectivity index (χ0) is 20.1. The second-order valence-electron chi connectivity index (χ2n) is 6.55. The van der Waals surface area contributed by atoms with Crippen molar-refractivity contribution in [3.05, 3.63) is 57.9 Å². The van der Waals surface area contributed by atoms with Crippen LogP contribution in [0.1, 0.15) is 31.2 Å². The molecule has 0 radical (unpaired) electrons. The van der Waals surface area contributed by atoms with E-state index in [1.807, 2.05) is 22.2 Å². The molecule has 0 bridgehead atoms. The van der Waals surface area contributed by atoms with Crippen LogP contribution in [0.5, 0.6) is 0 Å². The summed E-state index contributed by atoms with van der Waals surface area (Å²) in [6.07, 6.45) is 2.85. The third-order valence-electron chi connectivity index (χ3n) is 4.34. The van der Waals surface area contributed by atoms with Crippen molar-refractivity contribution in [3.63, 3.8) is 0 Å². The summed E-state index contributed by atoms with van der Waals surface area (Å²) in [5.41, 5.74) is 4.14.